The van der Waals surface area contributed by atoms with Crippen molar-refractivity contribution in [2.45, 2.75) is 121 Å². The van der Waals surface area contributed by atoms with E-state index >= 15 is 0 Å². The zero-order valence-corrected chi connectivity index (χ0v) is 29.9. The third-order valence-electron chi connectivity index (χ3n) is 9.30. The lowest BCUT2D eigenvalue weighted by Crippen LogP contribution is -2.63. The normalized spacial score (nSPS) is 28.9. The first-order valence-electron chi connectivity index (χ1n) is 16.1. The van der Waals surface area contributed by atoms with Gasteiger partial charge in [0, 0.05) is 23.3 Å². The molecular weight excluding hydrogens is 642 g/mol. The van der Waals surface area contributed by atoms with Crippen molar-refractivity contribution in [3.63, 3.8) is 0 Å². The lowest BCUT2D eigenvalue weighted by atomic mass is 9.70. The van der Waals surface area contributed by atoms with Crippen molar-refractivity contribution in [3.05, 3.63) is 25.3 Å². The third kappa shape index (κ3) is 7.51. The van der Waals surface area contributed by atoms with Gasteiger partial charge in [-0.3, -0.25) is 19.2 Å². The summed E-state index contributed by atoms with van der Waals surface area (Å²) in [5, 5.41) is 13.3. The van der Waals surface area contributed by atoms with Crippen LogP contribution in [0.4, 0.5) is 0 Å². The number of alkyl halides is 1. The van der Waals surface area contributed by atoms with Gasteiger partial charge in [-0.2, -0.15) is 0 Å². The van der Waals surface area contributed by atoms with Crippen molar-refractivity contribution >= 4 is 39.6 Å². The molecule has 1 spiro atoms. The van der Waals surface area contributed by atoms with Crippen molar-refractivity contribution in [3.8, 4) is 0 Å². The Labute approximate surface area is 277 Å². The molecule has 3 saturated heterocycles. The van der Waals surface area contributed by atoms with Gasteiger partial charge in [0.2, 0.25) is 17.7 Å². The van der Waals surface area contributed by atoms with E-state index in [0.29, 0.717) is 19.3 Å². The number of carbonyl (C=O) groups excluding carboxylic acids is 4. The first-order valence-corrected chi connectivity index (χ1v) is 17.0. The molecule has 10 nitrogen and oxygen atoms in total. The van der Waals surface area contributed by atoms with Gasteiger partial charge in [0.25, 0.3) is 0 Å². The monoisotopic (exact) mass is 695 g/mol. The Balaban J connectivity index is 2.02. The summed E-state index contributed by atoms with van der Waals surface area (Å²) in [6.45, 7) is 23.4. The number of allylic oxidation sites excluding steroid dienone is 1. The second-order valence-electron chi connectivity index (χ2n) is 15.1. The quantitative estimate of drug-likeness (QED) is 0.151. The molecule has 11 heteroatoms. The topological polar surface area (TPSA) is 125 Å². The molecule has 2 N–H and O–H groups in total. The molecule has 3 aliphatic heterocycles. The number of hydrogen-bond donors (Lipinski definition) is 2. The van der Waals surface area contributed by atoms with E-state index in [9.17, 15) is 24.3 Å². The summed E-state index contributed by atoms with van der Waals surface area (Å²) in [7, 11) is 0. The number of nitrogens with one attached hydrogen (secondary N) is 1. The van der Waals surface area contributed by atoms with Gasteiger partial charge >= 0.3 is 5.97 Å². The van der Waals surface area contributed by atoms with Crippen LogP contribution >= 0.6 is 15.9 Å². The summed E-state index contributed by atoms with van der Waals surface area (Å²) in [5.41, 5.74) is -1.99. The van der Waals surface area contributed by atoms with Crippen LogP contribution in [-0.2, 0) is 28.7 Å². The molecule has 0 aromatic heterocycles. The molecule has 8 atom stereocenters. The van der Waals surface area contributed by atoms with Gasteiger partial charge in [0.15, 0.2) is 0 Å². The Hall–Kier alpha value is -2.24. The Morgan fingerprint density at radius 1 is 1.20 bits per heavy atom. The average Bonchev–Trinajstić information content (AvgIpc) is 3.51. The molecule has 3 rings (SSSR count). The Morgan fingerprint density at radius 2 is 1.84 bits per heavy atom. The predicted octanol–water partition coefficient (Wildman–Crippen LogP) is 3.99. The van der Waals surface area contributed by atoms with Crippen LogP contribution in [0.1, 0.15) is 81.1 Å². The fourth-order valence-corrected chi connectivity index (χ4v) is 8.74. The van der Waals surface area contributed by atoms with Crippen molar-refractivity contribution in [1.82, 2.24) is 15.1 Å². The van der Waals surface area contributed by atoms with Gasteiger partial charge in [-0.1, -0.05) is 62.7 Å². The standard InChI is InChI=1S/C34H54BrN3O7/c1-11-13-14-24(40)36-17-21(5)44-31(43)25-26-29(41)38(23(18-39)20(3)4)28(34(26)16-22(35)27(25)45-34)30(42)37(15-12-2)33(9,10)19-32(6,7)8/h11-12,20-23,25-28,39H,1-2,13-19H2,3-10H3,(H,36,40)/t21-,22?,23-,25-,26+,27-,28-,34+/m0/s1. The summed E-state index contributed by atoms with van der Waals surface area (Å²) in [5.74, 6) is -3.55. The SMILES string of the molecule is C=CCCC(=O)NC[C@H](C)OC(=O)[C@@H]1[C@H]2O[C@@]3(CC2Br)[C@H](C(=O)N(CC=C)C(C)(C)CC(C)(C)C)N([C@@H](CO)C(C)C)C(=O)[C@@H]13. The molecule has 3 heterocycles. The molecular formula is C34H54BrN3O7. The van der Waals surface area contributed by atoms with E-state index in [2.05, 4.69) is 55.2 Å². The second kappa shape index (κ2) is 14.3. The lowest BCUT2D eigenvalue weighted by Gasteiger charge is -2.47. The van der Waals surface area contributed by atoms with Crippen molar-refractivity contribution in [2.75, 3.05) is 19.7 Å². The van der Waals surface area contributed by atoms with Gasteiger partial charge in [0.1, 0.15) is 17.7 Å². The summed E-state index contributed by atoms with van der Waals surface area (Å²) in [6, 6.07) is -1.72. The third-order valence-corrected chi connectivity index (χ3v) is 10.1. The molecule has 3 aliphatic rings. The number of fused-ring (bicyclic) bond motifs is 1. The van der Waals surface area contributed by atoms with E-state index in [-0.39, 0.29) is 60.0 Å². The first-order chi connectivity index (χ1) is 20.9. The predicted molar refractivity (Wildman–Crippen MR) is 176 cm³/mol. The highest BCUT2D eigenvalue weighted by atomic mass is 79.9. The molecule has 0 saturated carbocycles. The number of nitrogens with zero attached hydrogens (tertiary/aromatic N) is 2. The van der Waals surface area contributed by atoms with E-state index in [4.69, 9.17) is 9.47 Å². The van der Waals surface area contributed by atoms with Crippen molar-refractivity contribution in [2.24, 2.45) is 23.2 Å². The van der Waals surface area contributed by atoms with Crippen LogP contribution in [0.5, 0.6) is 0 Å². The molecule has 0 aliphatic carbocycles. The van der Waals surface area contributed by atoms with Crippen LogP contribution in [0.25, 0.3) is 0 Å². The minimum absolute atomic E-state index is 0.0965. The minimum Gasteiger partial charge on any atom is -0.460 e. The highest BCUT2D eigenvalue weighted by Gasteiger charge is 2.78. The number of ether oxygens (including phenoxy) is 2. The maximum Gasteiger partial charge on any atom is 0.312 e. The summed E-state index contributed by atoms with van der Waals surface area (Å²) in [4.78, 5) is 58.3. The Kier molecular flexibility index (Phi) is 11.8. The number of esters is 1. The highest BCUT2D eigenvalue weighted by Crippen LogP contribution is 2.61. The molecule has 0 radical (unpaired) electrons. The van der Waals surface area contributed by atoms with Crippen LogP contribution < -0.4 is 5.32 Å². The molecule has 3 fully saturated rings. The number of hydrogen-bond acceptors (Lipinski definition) is 7. The maximum absolute atomic E-state index is 14.9. The molecule has 1 unspecified atom stereocenters. The summed E-state index contributed by atoms with van der Waals surface area (Å²) >= 11 is 3.70. The van der Waals surface area contributed by atoms with Gasteiger partial charge in [-0.15, -0.1) is 13.2 Å². The number of rotatable bonds is 15. The average molecular weight is 697 g/mol. The summed E-state index contributed by atoms with van der Waals surface area (Å²) in [6.07, 6.45) is 3.87. The maximum atomic E-state index is 14.9. The number of likely N-dealkylation sites (tertiary alicyclic amines) is 1. The molecule has 3 amide bonds. The molecule has 254 valence electrons. The smallest absolute Gasteiger partial charge is 0.312 e. The highest BCUT2D eigenvalue weighted by molar-refractivity contribution is 9.09. The van der Waals surface area contributed by atoms with E-state index in [1.807, 2.05) is 27.7 Å². The van der Waals surface area contributed by atoms with E-state index in [0.717, 1.165) is 0 Å². The Morgan fingerprint density at radius 3 is 2.38 bits per heavy atom. The van der Waals surface area contributed by atoms with Gasteiger partial charge < -0.3 is 29.7 Å². The van der Waals surface area contributed by atoms with Crippen molar-refractivity contribution in [1.29, 1.82) is 0 Å². The minimum atomic E-state index is -1.29. The number of carbonyl (C=O) groups is 4. The van der Waals surface area contributed by atoms with Crippen LogP contribution in [0.3, 0.4) is 0 Å². The first kappa shape index (κ1) is 37.2. The van der Waals surface area contributed by atoms with E-state index in [1.165, 1.54) is 4.90 Å². The number of halogens is 1. The molecule has 0 aromatic rings. The molecule has 2 bridgehead atoms. The molecule has 0 aromatic carbocycles. The lowest BCUT2D eigenvalue weighted by molar-refractivity contribution is -0.161. The van der Waals surface area contributed by atoms with E-state index in [1.54, 1.807) is 24.0 Å². The van der Waals surface area contributed by atoms with Gasteiger partial charge in [0.05, 0.1) is 37.1 Å². The Bertz CT molecular complexity index is 1150. The fraction of sp³-hybridized carbons (Fsp3) is 0.765. The summed E-state index contributed by atoms with van der Waals surface area (Å²) < 4.78 is 12.5. The van der Waals surface area contributed by atoms with E-state index < -0.39 is 53.2 Å². The number of aliphatic hydroxyl groups is 1. The fourth-order valence-electron chi connectivity index (χ4n) is 7.80. The molecule has 45 heavy (non-hydrogen) atoms. The van der Waals surface area contributed by atoms with Crippen LogP contribution in [0.2, 0.25) is 0 Å². The van der Waals surface area contributed by atoms with Crippen molar-refractivity contribution < 1.29 is 33.8 Å². The largest absolute Gasteiger partial charge is 0.460 e. The van der Waals surface area contributed by atoms with Crippen LogP contribution in [0, 0.1) is 23.2 Å². The second-order valence-corrected chi connectivity index (χ2v) is 16.2. The number of aliphatic hydroxyl groups excluding tert-OH is 1. The van der Waals surface area contributed by atoms with Gasteiger partial charge in [-0.05, 0) is 51.4 Å². The zero-order valence-electron chi connectivity index (χ0n) is 28.3. The van der Waals surface area contributed by atoms with Gasteiger partial charge in [-0.25, -0.2) is 0 Å². The van der Waals surface area contributed by atoms with Crippen LogP contribution in [-0.4, -0.2) is 98.6 Å². The zero-order chi connectivity index (χ0) is 34.1. The number of amides is 3. The van der Waals surface area contributed by atoms with Crippen LogP contribution in [0.15, 0.2) is 25.3 Å².